The molecule has 1 amide bonds. The van der Waals surface area contributed by atoms with Crippen LogP contribution in [0.1, 0.15) is 29.2 Å². The van der Waals surface area contributed by atoms with Gasteiger partial charge in [0.25, 0.3) is 0 Å². The molecule has 8 nitrogen and oxygen atoms in total. The molecule has 1 N–H and O–H groups in total. The van der Waals surface area contributed by atoms with E-state index in [0.717, 1.165) is 27.9 Å². The van der Waals surface area contributed by atoms with E-state index in [9.17, 15) is 14.7 Å². The largest absolute Gasteiger partial charge is 0.481 e. The Morgan fingerprint density at radius 2 is 1.67 bits per heavy atom. The number of rotatable bonds is 8. The minimum Gasteiger partial charge on any atom is -0.481 e. The minimum atomic E-state index is -0.872. The van der Waals surface area contributed by atoms with Crippen LogP contribution in [-0.4, -0.2) is 57.4 Å². The van der Waals surface area contributed by atoms with Crippen LogP contribution in [0.2, 0.25) is 0 Å². The van der Waals surface area contributed by atoms with Crippen molar-refractivity contribution in [1.82, 2.24) is 19.6 Å². The molecule has 2 heterocycles. The van der Waals surface area contributed by atoms with Crippen LogP contribution in [0.15, 0.2) is 72.9 Å². The maximum absolute atomic E-state index is 13.0. The second kappa shape index (κ2) is 9.83. The van der Waals surface area contributed by atoms with E-state index in [0.29, 0.717) is 13.1 Å². The van der Waals surface area contributed by atoms with Crippen molar-refractivity contribution in [2.45, 2.75) is 25.4 Å². The number of nitrogens with zero attached hydrogens (tertiary/aromatic N) is 4. The molecular formula is C28H28N4O4. The minimum absolute atomic E-state index is 0.00956. The van der Waals surface area contributed by atoms with Gasteiger partial charge in [-0.25, -0.2) is 19.8 Å². The highest BCUT2D eigenvalue weighted by molar-refractivity contribution is 5.79. The van der Waals surface area contributed by atoms with Gasteiger partial charge in [0, 0.05) is 43.8 Å². The van der Waals surface area contributed by atoms with E-state index >= 15 is 0 Å². The third kappa shape index (κ3) is 4.43. The zero-order valence-electron chi connectivity index (χ0n) is 20.3. The zero-order valence-corrected chi connectivity index (χ0v) is 20.3. The van der Waals surface area contributed by atoms with Gasteiger partial charge in [-0.2, -0.15) is 0 Å². The standard InChI is InChI=1S/C28H28N4O4/c1-30(17-20-16-19-8-7-14-29-27(19)32(20)15-13-26(33)34)31(2)28(35)36-18-25-23-11-5-3-9-21(23)22-10-4-6-12-24(22)25/h3-12,14,16,25H,13,15,17-18H2,1-2H3,(H,33,34). The molecule has 1 aliphatic rings. The van der Waals surface area contributed by atoms with Gasteiger partial charge < -0.3 is 14.4 Å². The monoisotopic (exact) mass is 484 g/mol. The number of aromatic nitrogens is 2. The first-order valence-corrected chi connectivity index (χ1v) is 11.9. The fraction of sp³-hybridized carbons (Fsp3) is 0.250. The third-order valence-corrected chi connectivity index (χ3v) is 6.79. The summed E-state index contributed by atoms with van der Waals surface area (Å²) < 4.78 is 7.67. The first-order valence-electron chi connectivity index (χ1n) is 11.9. The number of carbonyl (C=O) groups excluding carboxylic acids is 1. The SMILES string of the molecule is CN(Cc1cc2cccnc2n1CCC(=O)O)N(C)C(=O)OCC1c2ccccc2-c2ccccc21. The fourth-order valence-corrected chi connectivity index (χ4v) is 4.90. The number of hydrazine groups is 1. The van der Waals surface area contributed by atoms with Gasteiger partial charge in [-0.15, -0.1) is 0 Å². The van der Waals surface area contributed by atoms with Crippen LogP contribution in [0.3, 0.4) is 0 Å². The maximum atomic E-state index is 13.0. The summed E-state index contributed by atoms with van der Waals surface area (Å²) in [6.07, 6.45) is 1.22. The summed E-state index contributed by atoms with van der Waals surface area (Å²) in [5.74, 6) is -0.882. The van der Waals surface area contributed by atoms with E-state index in [1.54, 1.807) is 25.3 Å². The Bertz CT molecular complexity index is 1380. The van der Waals surface area contributed by atoms with Crippen molar-refractivity contribution in [1.29, 1.82) is 0 Å². The predicted octanol–water partition coefficient (Wildman–Crippen LogP) is 4.74. The fourth-order valence-electron chi connectivity index (χ4n) is 4.90. The van der Waals surface area contributed by atoms with E-state index in [1.807, 2.05) is 47.0 Å². The van der Waals surface area contributed by atoms with Gasteiger partial charge in [-0.3, -0.25) is 4.79 Å². The van der Waals surface area contributed by atoms with Crippen molar-refractivity contribution in [3.05, 3.63) is 89.7 Å². The normalized spacial score (nSPS) is 12.5. The topological polar surface area (TPSA) is 87.9 Å². The van der Waals surface area contributed by atoms with Gasteiger partial charge in [-0.1, -0.05) is 48.5 Å². The van der Waals surface area contributed by atoms with E-state index in [-0.39, 0.29) is 18.9 Å². The van der Waals surface area contributed by atoms with Crippen molar-refractivity contribution >= 4 is 23.1 Å². The molecule has 0 bridgehead atoms. The highest BCUT2D eigenvalue weighted by Gasteiger charge is 2.30. The van der Waals surface area contributed by atoms with Crippen molar-refractivity contribution in [2.75, 3.05) is 20.7 Å². The zero-order chi connectivity index (χ0) is 25.2. The molecule has 4 aromatic rings. The molecule has 184 valence electrons. The number of hydrogen-bond acceptors (Lipinski definition) is 5. The Balaban J connectivity index is 1.28. The van der Waals surface area contributed by atoms with Crippen LogP contribution in [0.25, 0.3) is 22.2 Å². The number of carbonyl (C=O) groups is 2. The van der Waals surface area contributed by atoms with Crippen LogP contribution in [-0.2, 0) is 22.6 Å². The molecule has 0 unspecified atom stereocenters. The lowest BCUT2D eigenvalue weighted by atomic mass is 9.98. The number of aryl methyl sites for hydroxylation is 1. The average Bonchev–Trinajstić information content (AvgIpc) is 3.40. The molecule has 0 fully saturated rings. The summed E-state index contributed by atoms with van der Waals surface area (Å²) in [6.45, 7) is 0.929. The van der Waals surface area contributed by atoms with Gasteiger partial charge in [0.15, 0.2) is 0 Å². The number of ether oxygens (including phenoxy) is 1. The maximum Gasteiger partial charge on any atom is 0.424 e. The molecule has 0 spiro atoms. The Morgan fingerprint density at radius 3 is 2.33 bits per heavy atom. The average molecular weight is 485 g/mol. The highest BCUT2D eigenvalue weighted by Crippen LogP contribution is 2.44. The quantitative estimate of drug-likeness (QED) is 0.364. The number of aliphatic carboxylic acids is 1. The van der Waals surface area contributed by atoms with Crippen LogP contribution in [0.4, 0.5) is 4.79 Å². The molecule has 36 heavy (non-hydrogen) atoms. The van der Waals surface area contributed by atoms with Crippen LogP contribution in [0, 0.1) is 0 Å². The van der Waals surface area contributed by atoms with Crippen molar-refractivity contribution in [3.8, 4) is 11.1 Å². The Kier molecular flexibility index (Phi) is 6.43. The van der Waals surface area contributed by atoms with Crippen molar-refractivity contribution in [3.63, 3.8) is 0 Å². The van der Waals surface area contributed by atoms with Crippen LogP contribution in [0.5, 0.6) is 0 Å². The lowest BCUT2D eigenvalue weighted by Gasteiger charge is -2.28. The number of benzene rings is 2. The van der Waals surface area contributed by atoms with E-state index < -0.39 is 12.1 Å². The summed E-state index contributed by atoms with van der Waals surface area (Å²) in [4.78, 5) is 28.6. The molecular weight excluding hydrogens is 456 g/mol. The molecule has 0 saturated carbocycles. The number of carboxylic acid groups (broad SMARTS) is 1. The summed E-state index contributed by atoms with van der Waals surface area (Å²) in [6, 6.07) is 22.2. The Morgan fingerprint density at radius 1 is 1.00 bits per heavy atom. The summed E-state index contributed by atoms with van der Waals surface area (Å²) in [5.41, 5.74) is 6.29. The van der Waals surface area contributed by atoms with Gasteiger partial charge in [0.1, 0.15) is 12.3 Å². The lowest BCUT2D eigenvalue weighted by molar-refractivity contribution is -0.137. The molecule has 0 saturated heterocycles. The summed E-state index contributed by atoms with van der Waals surface area (Å²) in [5, 5.41) is 13.3. The predicted molar refractivity (Wildman–Crippen MR) is 136 cm³/mol. The number of fused-ring (bicyclic) bond motifs is 4. The van der Waals surface area contributed by atoms with Gasteiger partial charge in [-0.05, 0) is 40.5 Å². The second-order valence-electron chi connectivity index (χ2n) is 8.99. The van der Waals surface area contributed by atoms with Crippen molar-refractivity contribution < 1.29 is 19.4 Å². The van der Waals surface area contributed by atoms with Gasteiger partial charge in [0.05, 0.1) is 13.0 Å². The molecule has 2 aromatic heterocycles. The third-order valence-electron chi connectivity index (χ3n) is 6.79. The Hall–Kier alpha value is -4.17. The van der Waals surface area contributed by atoms with E-state index in [4.69, 9.17) is 4.74 Å². The molecule has 0 atom stereocenters. The molecule has 8 heteroatoms. The summed E-state index contributed by atoms with van der Waals surface area (Å²) in [7, 11) is 3.47. The Labute approximate surface area is 209 Å². The van der Waals surface area contributed by atoms with Crippen LogP contribution >= 0.6 is 0 Å². The number of carboxylic acids is 1. The molecule has 0 aliphatic heterocycles. The number of hydrogen-bond donors (Lipinski definition) is 1. The highest BCUT2D eigenvalue weighted by atomic mass is 16.6. The van der Waals surface area contributed by atoms with E-state index in [2.05, 4.69) is 29.2 Å². The lowest BCUT2D eigenvalue weighted by Crippen LogP contribution is -2.41. The molecule has 5 rings (SSSR count). The van der Waals surface area contributed by atoms with Gasteiger partial charge >= 0.3 is 12.1 Å². The van der Waals surface area contributed by atoms with Gasteiger partial charge in [0.2, 0.25) is 0 Å². The number of amides is 1. The first kappa shape index (κ1) is 23.6. The smallest absolute Gasteiger partial charge is 0.424 e. The molecule has 1 aliphatic carbocycles. The number of pyridine rings is 1. The second-order valence-corrected chi connectivity index (χ2v) is 8.99. The molecule has 2 aromatic carbocycles. The first-order chi connectivity index (χ1) is 17.4. The molecule has 0 radical (unpaired) electrons. The summed E-state index contributed by atoms with van der Waals surface area (Å²) >= 11 is 0. The van der Waals surface area contributed by atoms with Crippen molar-refractivity contribution in [2.24, 2.45) is 0 Å². The van der Waals surface area contributed by atoms with E-state index in [1.165, 1.54) is 16.1 Å². The van der Waals surface area contributed by atoms with Crippen LogP contribution < -0.4 is 0 Å².